The molecule has 0 aromatic rings. The summed E-state index contributed by atoms with van der Waals surface area (Å²) in [7, 11) is 0. The highest BCUT2D eigenvalue weighted by Gasteiger charge is 1.84. The van der Waals surface area contributed by atoms with Crippen molar-refractivity contribution in [3.05, 3.63) is 0 Å². The fourth-order valence-corrected chi connectivity index (χ4v) is 0.344. The zero-order valence-electron chi connectivity index (χ0n) is 5.09. The highest BCUT2D eigenvalue weighted by molar-refractivity contribution is 7.96. The van der Waals surface area contributed by atoms with Crippen LogP contribution in [-0.4, -0.2) is 11.8 Å². The predicted octanol–water partition coefficient (Wildman–Crippen LogP) is 1.88. The molecule has 0 spiro atoms. The summed E-state index contributed by atoms with van der Waals surface area (Å²) in [6.45, 7) is 2.71. The molecular weight excluding hydrogens is 181 g/mol. The molecule has 0 bridgehead atoms. The van der Waals surface area contributed by atoms with Crippen LogP contribution in [0.4, 0.5) is 4.79 Å². The van der Waals surface area contributed by atoms with Crippen LogP contribution in [0.25, 0.3) is 0 Å². The molecule has 5 heteroatoms. The van der Waals surface area contributed by atoms with Gasteiger partial charge in [-0.05, 0) is 6.42 Å². The van der Waals surface area contributed by atoms with Gasteiger partial charge >= 0.3 is 0 Å². The van der Waals surface area contributed by atoms with Crippen LogP contribution in [0.2, 0.25) is 0 Å². The van der Waals surface area contributed by atoms with Crippen molar-refractivity contribution >= 4 is 42.7 Å². The predicted molar refractivity (Wildman–Crippen MR) is 47.2 cm³/mol. The van der Waals surface area contributed by atoms with Crippen LogP contribution in [0.5, 0.6) is 0 Å². The molecule has 0 saturated heterocycles. The molecule has 1 N–H and O–H groups in total. The molecule has 0 fully saturated rings. The van der Waals surface area contributed by atoms with Gasteiger partial charge in [0.2, 0.25) is 0 Å². The minimum Gasteiger partial charge on any atom is -0.347 e. The maximum atomic E-state index is 9.96. The number of nitrogens with one attached hydrogen (secondary N) is 1. The van der Waals surface area contributed by atoms with Crippen molar-refractivity contribution in [2.45, 2.75) is 13.3 Å². The van der Waals surface area contributed by atoms with Crippen molar-refractivity contribution < 1.29 is 4.79 Å². The van der Waals surface area contributed by atoms with Crippen LogP contribution in [0.1, 0.15) is 13.3 Å². The van der Waals surface area contributed by atoms with Crippen LogP contribution in [0, 0.1) is 0 Å². The Labute approximate surface area is 73.0 Å². The highest BCUT2D eigenvalue weighted by Crippen LogP contribution is 1.75. The second-order valence-corrected chi connectivity index (χ2v) is 1.64. The zero-order chi connectivity index (χ0) is 5.70. The summed E-state index contributed by atoms with van der Waals surface area (Å²) in [5.74, 6) is 0. The standard InChI is InChI=1S/C4H9NOS.2ClH/c1-2-3-5-4(6)7;;/h2-3H2,1H3,(H2,5,6,7);2*1H. The summed E-state index contributed by atoms with van der Waals surface area (Å²) < 4.78 is 0. The van der Waals surface area contributed by atoms with Gasteiger partial charge in [-0.1, -0.05) is 19.6 Å². The number of rotatable bonds is 2. The first kappa shape index (κ1) is 16.2. The van der Waals surface area contributed by atoms with E-state index in [9.17, 15) is 4.79 Å². The molecule has 0 aromatic carbocycles. The van der Waals surface area contributed by atoms with Crippen LogP contribution >= 0.6 is 37.4 Å². The number of carbonyl (C=O) groups excluding carboxylic acids is 1. The number of hydrogen-bond donors (Lipinski definition) is 2. The van der Waals surface area contributed by atoms with Gasteiger partial charge in [-0.3, -0.25) is 4.79 Å². The van der Waals surface area contributed by atoms with E-state index in [1.54, 1.807) is 0 Å². The van der Waals surface area contributed by atoms with Gasteiger partial charge in [0.15, 0.2) is 0 Å². The van der Waals surface area contributed by atoms with Gasteiger partial charge in [0.05, 0.1) is 0 Å². The largest absolute Gasteiger partial charge is 0.347 e. The Bertz CT molecular complexity index is 71.6. The second kappa shape index (κ2) is 11.2. The molecule has 0 heterocycles. The molecule has 9 heavy (non-hydrogen) atoms. The third-order valence-corrected chi connectivity index (χ3v) is 0.684. The van der Waals surface area contributed by atoms with Crippen LogP contribution in [-0.2, 0) is 0 Å². The number of hydrogen-bond acceptors (Lipinski definition) is 1. The van der Waals surface area contributed by atoms with Crippen molar-refractivity contribution in [1.29, 1.82) is 0 Å². The number of halogens is 2. The molecule has 0 aliphatic carbocycles. The Kier molecular flexibility index (Phi) is 20.2. The van der Waals surface area contributed by atoms with Crippen molar-refractivity contribution in [3.8, 4) is 0 Å². The van der Waals surface area contributed by atoms with Crippen LogP contribution in [0.15, 0.2) is 0 Å². The zero-order valence-corrected chi connectivity index (χ0v) is 7.61. The number of thiol groups is 1. The van der Waals surface area contributed by atoms with E-state index in [4.69, 9.17) is 0 Å². The molecule has 0 aromatic heterocycles. The van der Waals surface area contributed by atoms with Gasteiger partial charge in [0.1, 0.15) is 0 Å². The van der Waals surface area contributed by atoms with E-state index in [1.165, 1.54) is 0 Å². The van der Waals surface area contributed by atoms with Crippen LogP contribution in [0.3, 0.4) is 0 Å². The molecular formula is C4H11Cl2NOS. The van der Waals surface area contributed by atoms with E-state index in [0.29, 0.717) is 0 Å². The lowest BCUT2D eigenvalue weighted by Crippen LogP contribution is -2.16. The summed E-state index contributed by atoms with van der Waals surface area (Å²) in [5.41, 5.74) is 0. The normalized spacial score (nSPS) is 6.44. The molecule has 0 saturated carbocycles. The Balaban J connectivity index is -0.000000180. The smallest absolute Gasteiger partial charge is 0.275 e. The molecule has 1 amide bonds. The third kappa shape index (κ3) is 17.8. The summed E-state index contributed by atoms with van der Waals surface area (Å²) in [6, 6.07) is 0. The lowest BCUT2D eigenvalue weighted by atomic mass is 10.5. The molecule has 0 aliphatic rings. The van der Waals surface area contributed by atoms with E-state index >= 15 is 0 Å². The van der Waals surface area contributed by atoms with E-state index < -0.39 is 0 Å². The van der Waals surface area contributed by atoms with E-state index in [-0.39, 0.29) is 30.1 Å². The molecule has 0 rings (SSSR count). The van der Waals surface area contributed by atoms with Gasteiger partial charge in [-0.15, -0.1) is 24.8 Å². The van der Waals surface area contributed by atoms with Gasteiger partial charge in [-0.2, -0.15) is 0 Å². The second-order valence-electron chi connectivity index (χ2n) is 1.23. The third-order valence-electron chi connectivity index (χ3n) is 0.526. The SMILES string of the molecule is CCCNC(=O)S.Cl.Cl. The molecule has 0 atom stereocenters. The number of carbonyl (C=O) groups is 1. The monoisotopic (exact) mass is 191 g/mol. The summed E-state index contributed by atoms with van der Waals surface area (Å²) in [6.07, 6.45) is 0.965. The average molecular weight is 192 g/mol. The Morgan fingerprint density at radius 1 is 1.56 bits per heavy atom. The quantitative estimate of drug-likeness (QED) is 0.642. The summed E-state index contributed by atoms with van der Waals surface area (Å²) in [4.78, 5) is 9.96. The molecule has 58 valence electrons. The first-order valence-electron chi connectivity index (χ1n) is 2.24. The number of amides is 1. The maximum absolute atomic E-state index is 9.96. The minimum absolute atomic E-state index is 0. The fourth-order valence-electron chi connectivity index (χ4n) is 0.232. The molecule has 0 radical (unpaired) electrons. The topological polar surface area (TPSA) is 29.1 Å². The van der Waals surface area contributed by atoms with Gasteiger partial charge in [0.25, 0.3) is 5.24 Å². The molecule has 2 nitrogen and oxygen atoms in total. The van der Waals surface area contributed by atoms with E-state index in [2.05, 4.69) is 17.9 Å². The summed E-state index contributed by atoms with van der Waals surface area (Å²) >= 11 is 3.48. The van der Waals surface area contributed by atoms with Crippen LogP contribution < -0.4 is 5.32 Å². The highest BCUT2D eigenvalue weighted by atomic mass is 35.5. The van der Waals surface area contributed by atoms with Crippen molar-refractivity contribution in [1.82, 2.24) is 5.32 Å². The van der Waals surface area contributed by atoms with Crippen molar-refractivity contribution in [3.63, 3.8) is 0 Å². The minimum atomic E-state index is -0.248. The average Bonchev–Trinajstić information content (AvgIpc) is 1.61. The van der Waals surface area contributed by atoms with Crippen molar-refractivity contribution in [2.75, 3.05) is 6.54 Å². The van der Waals surface area contributed by atoms with E-state index in [1.807, 2.05) is 6.92 Å². The Morgan fingerprint density at radius 2 is 2.00 bits per heavy atom. The lowest BCUT2D eigenvalue weighted by molar-refractivity contribution is 0.261. The lowest BCUT2D eigenvalue weighted by Gasteiger charge is -1.92. The van der Waals surface area contributed by atoms with Gasteiger partial charge < -0.3 is 5.32 Å². The Hall–Kier alpha value is 0.400. The molecule has 0 aliphatic heterocycles. The molecule has 0 unspecified atom stereocenters. The van der Waals surface area contributed by atoms with Gasteiger partial charge in [-0.25, -0.2) is 0 Å². The van der Waals surface area contributed by atoms with Crippen molar-refractivity contribution in [2.24, 2.45) is 0 Å². The Morgan fingerprint density at radius 3 is 2.11 bits per heavy atom. The summed E-state index contributed by atoms with van der Waals surface area (Å²) in [5, 5.41) is 2.27. The maximum Gasteiger partial charge on any atom is 0.275 e. The van der Waals surface area contributed by atoms with E-state index in [0.717, 1.165) is 13.0 Å². The first-order chi connectivity index (χ1) is 3.27. The fraction of sp³-hybridized carbons (Fsp3) is 0.750. The van der Waals surface area contributed by atoms with Gasteiger partial charge in [0, 0.05) is 6.54 Å². The first-order valence-corrected chi connectivity index (χ1v) is 2.69.